The fourth-order valence-electron chi connectivity index (χ4n) is 6.18. The van der Waals surface area contributed by atoms with E-state index < -0.39 is 23.9 Å². The average molecular weight is 571 g/mol. The number of carboxylic acid groups (broad SMARTS) is 2. The minimum Gasteiger partial charge on any atom is -0.478 e. The summed E-state index contributed by atoms with van der Waals surface area (Å²) >= 11 is 0. The molecule has 0 amide bonds. The molecule has 0 atom stereocenters. The van der Waals surface area contributed by atoms with E-state index in [1.165, 1.54) is 24.3 Å². The number of carboxylic acids is 2. The lowest BCUT2D eigenvalue weighted by atomic mass is 9.90. The zero-order valence-corrected chi connectivity index (χ0v) is 23.9. The molecule has 43 heavy (non-hydrogen) atoms. The second kappa shape index (κ2) is 10.1. The first-order valence-electron chi connectivity index (χ1n) is 13.6. The number of benzene rings is 6. The fourth-order valence-corrected chi connectivity index (χ4v) is 6.18. The fraction of sp³-hybridized carbons (Fsp3) is 0.111. The number of rotatable bonds is 4. The van der Waals surface area contributed by atoms with Crippen LogP contribution in [0.15, 0.2) is 72.8 Å². The van der Waals surface area contributed by atoms with Crippen molar-refractivity contribution in [2.75, 3.05) is 0 Å². The van der Waals surface area contributed by atoms with Crippen LogP contribution in [0.4, 0.5) is 0 Å². The van der Waals surface area contributed by atoms with Crippen molar-refractivity contribution in [3.63, 3.8) is 0 Å². The number of aromatic carboxylic acids is 2. The summed E-state index contributed by atoms with van der Waals surface area (Å²) in [5, 5.41) is 26.5. The third-order valence-electron chi connectivity index (χ3n) is 8.49. The zero-order valence-electron chi connectivity index (χ0n) is 23.9. The number of hydrogen-bond donors (Lipinski definition) is 2. The Hall–Kier alpha value is -5.56. The molecule has 7 nitrogen and oxygen atoms in total. The van der Waals surface area contributed by atoms with Crippen LogP contribution in [0.3, 0.4) is 0 Å². The number of carbonyl (C=O) groups is 4. The molecule has 0 aliphatic rings. The van der Waals surface area contributed by atoms with Crippen LogP contribution in [0.2, 0.25) is 0 Å². The number of esters is 2. The van der Waals surface area contributed by atoms with Crippen molar-refractivity contribution in [2.24, 2.45) is 0 Å². The lowest BCUT2D eigenvalue weighted by Gasteiger charge is -2.16. The average Bonchev–Trinajstić information content (AvgIpc) is 3.01. The highest BCUT2D eigenvalue weighted by atomic mass is 16.6. The predicted molar refractivity (Wildman–Crippen MR) is 166 cm³/mol. The van der Waals surface area contributed by atoms with Crippen LogP contribution in [-0.2, 0) is 4.74 Å². The van der Waals surface area contributed by atoms with Gasteiger partial charge >= 0.3 is 23.9 Å². The molecule has 0 spiro atoms. The van der Waals surface area contributed by atoms with Crippen molar-refractivity contribution in [1.82, 2.24) is 0 Å². The van der Waals surface area contributed by atoms with Crippen LogP contribution in [0, 0.1) is 27.7 Å². The number of hydrogen-bond acceptors (Lipinski definition) is 5. The molecule has 0 heterocycles. The van der Waals surface area contributed by atoms with Gasteiger partial charge in [-0.05, 0) is 117 Å². The summed E-state index contributed by atoms with van der Waals surface area (Å²) in [6, 6.07) is 21.1. The first kappa shape index (κ1) is 27.6. The van der Waals surface area contributed by atoms with E-state index in [9.17, 15) is 29.4 Å². The van der Waals surface area contributed by atoms with Crippen molar-refractivity contribution < 1.29 is 34.1 Å². The minimum absolute atomic E-state index is 0.304. The molecule has 6 aromatic carbocycles. The van der Waals surface area contributed by atoms with E-state index >= 15 is 0 Å². The van der Waals surface area contributed by atoms with E-state index in [0.717, 1.165) is 43.8 Å². The first-order chi connectivity index (χ1) is 20.5. The summed E-state index contributed by atoms with van der Waals surface area (Å²) in [7, 11) is 0. The van der Waals surface area contributed by atoms with Crippen LogP contribution < -0.4 is 0 Å². The van der Waals surface area contributed by atoms with Crippen molar-refractivity contribution in [3.05, 3.63) is 117 Å². The largest absolute Gasteiger partial charge is 0.478 e. The quantitative estimate of drug-likeness (QED) is 0.126. The Morgan fingerprint density at radius 1 is 0.442 bits per heavy atom. The predicted octanol–water partition coefficient (Wildman–Crippen LogP) is 7.93. The SMILES string of the molecule is Cc1c2ccccc2c(C)c2cc(C(=O)OC(=O)c3cc4c(C)c5ccccc5c(C)c4cc3C(=O)O)c(C(=O)O)cc12. The molecule has 0 bridgehead atoms. The molecule has 7 heteroatoms. The van der Waals surface area contributed by atoms with E-state index in [4.69, 9.17) is 4.74 Å². The molecule has 6 rings (SSSR count). The topological polar surface area (TPSA) is 118 Å². The van der Waals surface area contributed by atoms with E-state index in [-0.39, 0.29) is 22.3 Å². The maximum absolute atomic E-state index is 13.4. The standard InChI is InChI=1S/C36H26O7/c1-17-21-9-5-7-11-23(21)19(3)27-15-31(29(33(37)38)13-25(17)27)35(41)43-36(42)32-16-28-20(4)24-12-8-6-10-22(24)18(2)26(28)14-30(32)34(39)40/h5-16H,1-4H3,(H,37,38)(H,39,40). The summed E-state index contributed by atoms with van der Waals surface area (Å²) in [4.78, 5) is 51.5. The van der Waals surface area contributed by atoms with Gasteiger partial charge in [-0.15, -0.1) is 0 Å². The number of carbonyl (C=O) groups excluding carboxylic acids is 2. The van der Waals surface area contributed by atoms with Gasteiger partial charge in [-0.1, -0.05) is 48.5 Å². The van der Waals surface area contributed by atoms with Gasteiger partial charge < -0.3 is 14.9 Å². The molecule has 0 radical (unpaired) electrons. The molecule has 0 saturated carbocycles. The van der Waals surface area contributed by atoms with Crippen LogP contribution in [0.1, 0.15) is 63.7 Å². The van der Waals surface area contributed by atoms with Gasteiger partial charge in [0.25, 0.3) is 0 Å². The highest BCUT2D eigenvalue weighted by Crippen LogP contribution is 2.36. The third kappa shape index (κ3) is 4.28. The van der Waals surface area contributed by atoms with E-state index in [2.05, 4.69) is 0 Å². The molecule has 0 aliphatic carbocycles. The van der Waals surface area contributed by atoms with Crippen molar-refractivity contribution in [3.8, 4) is 0 Å². The highest BCUT2D eigenvalue weighted by Gasteiger charge is 2.27. The number of aryl methyl sites for hydroxylation is 4. The number of fused-ring (bicyclic) bond motifs is 4. The smallest absolute Gasteiger partial charge is 0.346 e. The normalized spacial score (nSPS) is 11.3. The molecular formula is C36H26O7. The Balaban J connectivity index is 1.49. The van der Waals surface area contributed by atoms with Gasteiger partial charge in [0.1, 0.15) is 0 Å². The summed E-state index contributed by atoms with van der Waals surface area (Å²) in [6.45, 7) is 7.54. The summed E-state index contributed by atoms with van der Waals surface area (Å²) in [5.41, 5.74) is 2.15. The molecule has 0 aliphatic heterocycles. The molecule has 2 N–H and O–H groups in total. The second-order valence-electron chi connectivity index (χ2n) is 10.8. The van der Waals surface area contributed by atoms with Crippen molar-refractivity contribution in [1.29, 1.82) is 0 Å². The van der Waals surface area contributed by atoms with Gasteiger partial charge in [-0.25, -0.2) is 19.2 Å². The van der Waals surface area contributed by atoms with Crippen molar-refractivity contribution in [2.45, 2.75) is 27.7 Å². The third-order valence-corrected chi connectivity index (χ3v) is 8.49. The Morgan fingerprint density at radius 2 is 0.698 bits per heavy atom. The molecule has 0 unspecified atom stereocenters. The molecule has 0 saturated heterocycles. The van der Waals surface area contributed by atoms with Crippen LogP contribution >= 0.6 is 0 Å². The summed E-state index contributed by atoms with van der Waals surface area (Å²) < 4.78 is 5.21. The van der Waals surface area contributed by atoms with Gasteiger partial charge in [-0.2, -0.15) is 0 Å². The summed E-state index contributed by atoms with van der Waals surface area (Å²) in [6.07, 6.45) is 0. The van der Waals surface area contributed by atoms with E-state index in [1.54, 1.807) is 0 Å². The lowest BCUT2D eigenvalue weighted by Crippen LogP contribution is -2.19. The van der Waals surface area contributed by atoms with Gasteiger partial charge in [0.15, 0.2) is 0 Å². The minimum atomic E-state index is -1.36. The van der Waals surface area contributed by atoms with Crippen LogP contribution in [-0.4, -0.2) is 34.1 Å². The molecule has 0 fully saturated rings. The Bertz CT molecular complexity index is 2080. The molecular weight excluding hydrogens is 544 g/mol. The Kier molecular flexibility index (Phi) is 6.46. The Morgan fingerprint density at radius 3 is 0.953 bits per heavy atom. The van der Waals surface area contributed by atoms with Crippen molar-refractivity contribution >= 4 is 67.0 Å². The van der Waals surface area contributed by atoms with E-state index in [0.29, 0.717) is 21.5 Å². The first-order valence-corrected chi connectivity index (χ1v) is 13.6. The zero-order chi connectivity index (χ0) is 30.7. The van der Waals surface area contributed by atoms with Crippen LogP contribution in [0.5, 0.6) is 0 Å². The maximum atomic E-state index is 13.4. The highest BCUT2D eigenvalue weighted by molar-refractivity contribution is 6.17. The van der Waals surface area contributed by atoms with E-state index in [1.807, 2.05) is 76.2 Å². The summed E-state index contributed by atoms with van der Waals surface area (Å²) in [5.74, 6) is -5.09. The van der Waals surface area contributed by atoms with Crippen LogP contribution in [0.25, 0.3) is 43.1 Å². The molecule has 212 valence electrons. The second-order valence-corrected chi connectivity index (χ2v) is 10.8. The molecule has 0 aromatic heterocycles. The Labute approximate surface area is 245 Å². The maximum Gasteiger partial charge on any atom is 0.346 e. The van der Waals surface area contributed by atoms with Gasteiger partial charge in [0, 0.05) is 0 Å². The van der Waals surface area contributed by atoms with Gasteiger partial charge in [-0.3, -0.25) is 0 Å². The monoisotopic (exact) mass is 570 g/mol. The number of ether oxygens (including phenoxy) is 1. The lowest BCUT2D eigenvalue weighted by molar-refractivity contribution is 0.0387. The van der Waals surface area contributed by atoms with Gasteiger partial charge in [0.2, 0.25) is 0 Å². The van der Waals surface area contributed by atoms with Gasteiger partial charge in [0.05, 0.1) is 22.3 Å². The molecule has 6 aromatic rings.